The molecule has 0 aliphatic carbocycles. The van der Waals surface area contributed by atoms with Crippen LogP contribution >= 0.6 is 0 Å². The van der Waals surface area contributed by atoms with Crippen molar-refractivity contribution in [2.45, 2.75) is 6.42 Å². The Hall–Kier alpha value is -1.87. The molecule has 1 fully saturated rings. The molecule has 1 aliphatic heterocycles. The van der Waals surface area contributed by atoms with Crippen molar-refractivity contribution >= 4 is 16.7 Å². The molecule has 0 saturated carbocycles. The molecule has 0 radical (unpaired) electrons. The molecular weight excluding hydrogens is 236 g/mol. The Bertz CT molecular complexity index is 588. The van der Waals surface area contributed by atoms with Gasteiger partial charge >= 0.3 is 0 Å². The van der Waals surface area contributed by atoms with Gasteiger partial charge in [0.2, 0.25) is 0 Å². The molecule has 0 aromatic heterocycles. The highest BCUT2D eigenvalue weighted by Gasteiger charge is 2.15. The number of carbonyl (C=O) groups is 1. The van der Waals surface area contributed by atoms with Gasteiger partial charge in [0.25, 0.3) is 5.91 Å². The van der Waals surface area contributed by atoms with Crippen LogP contribution in [-0.4, -0.2) is 25.5 Å². The number of carbonyl (C=O) groups excluding carboxylic acids is 1. The van der Waals surface area contributed by atoms with Crippen molar-refractivity contribution in [2.24, 2.45) is 5.92 Å². The number of nitrogens with one attached hydrogen (secondary N) is 2. The lowest BCUT2D eigenvalue weighted by atomic mass is 10.1. The average Bonchev–Trinajstić information content (AvgIpc) is 2.97. The van der Waals surface area contributed by atoms with E-state index in [2.05, 4.69) is 16.7 Å². The number of amides is 1. The van der Waals surface area contributed by atoms with Gasteiger partial charge in [-0.15, -0.1) is 0 Å². The van der Waals surface area contributed by atoms with Gasteiger partial charge in [-0.1, -0.05) is 30.3 Å². The van der Waals surface area contributed by atoms with Crippen molar-refractivity contribution in [3.8, 4) is 0 Å². The third-order valence-corrected chi connectivity index (χ3v) is 3.73. The smallest absolute Gasteiger partial charge is 0.251 e. The molecule has 0 bridgehead atoms. The van der Waals surface area contributed by atoms with E-state index >= 15 is 0 Å². The molecule has 1 unspecified atom stereocenters. The SMILES string of the molecule is O=C(NCC1CCNC1)c1ccc2ccccc2c1. The predicted molar refractivity (Wildman–Crippen MR) is 77.3 cm³/mol. The topological polar surface area (TPSA) is 41.1 Å². The van der Waals surface area contributed by atoms with Crippen LogP contribution in [0, 0.1) is 5.92 Å². The first kappa shape index (κ1) is 12.2. The van der Waals surface area contributed by atoms with Crippen LogP contribution in [0.1, 0.15) is 16.8 Å². The summed E-state index contributed by atoms with van der Waals surface area (Å²) in [4.78, 5) is 12.1. The first-order chi connectivity index (χ1) is 9.33. The maximum atomic E-state index is 12.1. The van der Waals surface area contributed by atoms with E-state index in [-0.39, 0.29) is 5.91 Å². The van der Waals surface area contributed by atoms with Crippen LogP contribution in [0.5, 0.6) is 0 Å². The third kappa shape index (κ3) is 2.76. The van der Waals surface area contributed by atoms with Gasteiger partial charge in [-0.3, -0.25) is 4.79 Å². The van der Waals surface area contributed by atoms with Gasteiger partial charge < -0.3 is 10.6 Å². The quantitative estimate of drug-likeness (QED) is 0.881. The summed E-state index contributed by atoms with van der Waals surface area (Å²) in [5, 5.41) is 8.61. The number of hydrogen-bond acceptors (Lipinski definition) is 2. The summed E-state index contributed by atoms with van der Waals surface area (Å²) < 4.78 is 0. The maximum absolute atomic E-state index is 12.1. The van der Waals surface area contributed by atoms with Gasteiger partial charge in [0.05, 0.1) is 0 Å². The fourth-order valence-electron chi connectivity index (χ4n) is 2.56. The van der Waals surface area contributed by atoms with E-state index in [4.69, 9.17) is 0 Å². The fourth-order valence-corrected chi connectivity index (χ4v) is 2.56. The van der Waals surface area contributed by atoms with Crippen molar-refractivity contribution in [2.75, 3.05) is 19.6 Å². The molecule has 2 aromatic rings. The van der Waals surface area contributed by atoms with Crippen molar-refractivity contribution in [3.05, 3.63) is 48.0 Å². The lowest BCUT2D eigenvalue weighted by Crippen LogP contribution is -2.30. The Balaban J connectivity index is 1.70. The molecule has 0 spiro atoms. The third-order valence-electron chi connectivity index (χ3n) is 3.73. The highest BCUT2D eigenvalue weighted by Crippen LogP contribution is 2.15. The standard InChI is InChI=1S/C16H18N2O/c19-16(18-11-12-7-8-17-10-12)15-6-5-13-3-1-2-4-14(13)9-15/h1-6,9,12,17H,7-8,10-11H2,(H,18,19). The average molecular weight is 254 g/mol. The van der Waals surface area contributed by atoms with E-state index in [1.165, 1.54) is 5.39 Å². The van der Waals surface area contributed by atoms with E-state index < -0.39 is 0 Å². The van der Waals surface area contributed by atoms with Crippen molar-refractivity contribution in [1.29, 1.82) is 0 Å². The molecule has 1 aliphatic rings. The van der Waals surface area contributed by atoms with Gasteiger partial charge in [-0.2, -0.15) is 0 Å². The van der Waals surface area contributed by atoms with E-state index in [1.807, 2.05) is 36.4 Å². The molecule has 1 saturated heterocycles. The summed E-state index contributed by atoms with van der Waals surface area (Å²) in [6.45, 7) is 2.84. The number of rotatable bonds is 3. The summed E-state index contributed by atoms with van der Waals surface area (Å²) >= 11 is 0. The zero-order valence-electron chi connectivity index (χ0n) is 10.9. The Morgan fingerprint density at radius 3 is 2.84 bits per heavy atom. The second-order valence-corrected chi connectivity index (χ2v) is 5.13. The Morgan fingerprint density at radius 1 is 1.21 bits per heavy atom. The van der Waals surface area contributed by atoms with Crippen LogP contribution in [-0.2, 0) is 0 Å². The number of hydrogen-bond donors (Lipinski definition) is 2. The van der Waals surface area contributed by atoms with Crippen molar-refractivity contribution < 1.29 is 4.79 Å². The highest BCUT2D eigenvalue weighted by molar-refractivity contribution is 5.98. The summed E-state index contributed by atoms with van der Waals surface area (Å²) in [6.07, 6.45) is 1.15. The second-order valence-electron chi connectivity index (χ2n) is 5.13. The molecule has 1 amide bonds. The predicted octanol–water partition coefficient (Wildman–Crippen LogP) is 2.18. The monoisotopic (exact) mass is 254 g/mol. The molecule has 1 heterocycles. The van der Waals surface area contributed by atoms with Crippen LogP contribution in [0.4, 0.5) is 0 Å². The Labute approximate surface area is 113 Å². The molecule has 3 rings (SSSR count). The summed E-state index contributed by atoms with van der Waals surface area (Å²) in [6, 6.07) is 13.9. The minimum atomic E-state index is 0.0256. The lowest BCUT2D eigenvalue weighted by molar-refractivity contribution is 0.0948. The van der Waals surface area contributed by atoms with Crippen LogP contribution < -0.4 is 10.6 Å². The molecule has 19 heavy (non-hydrogen) atoms. The van der Waals surface area contributed by atoms with Crippen molar-refractivity contribution in [1.82, 2.24) is 10.6 Å². The first-order valence-electron chi connectivity index (χ1n) is 6.80. The maximum Gasteiger partial charge on any atom is 0.251 e. The Morgan fingerprint density at radius 2 is 2.05 bits per heavy atom. The second kappa shape index (κ2) is 5.41. The van der Waals surface area contributed by atoms with Gasteiger partial charge in [-0.25, -0.2) is 0 Å². The molecule has 2 aromatic carbocycles. The van der Waals surface area contributed by atoms with E-state index in [9.17, 15) is 4.79 Å². The van der Waals surface area contributed by atoms with Gasteiger partial charge in [-0.05, 0) is 48.3 Å². The molecule has 98 valence electrons. The van der Waals surface area contributed by atoms with Gasteiger partial charge in [0.1, 0.15) is 0 Å². The van der Waals surface area contributed by atoms with Gasteiger partial charge in [0.15, 0.2) is 0 Å². The number of benzene rings is 2. The fraction of sp³-hybridized carbons (Fsp3) is 0.312. The zero-order chi connectivity index (χ0) is 13.1. The minimum Gasteiger partial charge on any atom is -0.352 e. The molecular formula is C16H18N2O. The molecule has 3 heteroatoms. The van der Waals surface area contributed by atoms with Crippen LogP contribution in [0.25, 0.3) is 10.8 Å². The summed E-state index contributed by atoms with van der Waals surface area (Å²) in [5.41, 5.74) is 0.740. The summed E-state index contributed by atoms with van der Waals surface area (Å²) in [7, 11) is 0. The number of fused-ring (bicyclic) bond motifs is 1. The normalized spacial score (nSPS) is 18.6. The van der Waals surface area contributed by atoms with Crippen LogP contribution in [0.2, 0.25) is 0 Å². The molecule has 1 atom stereocenters. The van der Waals surface area contributed by atoms with E-state index in [0.717, 1.165) is 37.0 Å². The van der Waals surface area contributed by atoms with E-state index in [0.29, 0.717) is 5.92 Å². The lowest BCUT2D eigenvalue weighted by Gasteiger charge is -2.10. The van der Waals surface area contributed by atoms with Crippen molar-refractivity contribution in [3.63, 3.8) is 0 Å². The van der Waals surface area contributed by atoms with Crippen LogP contribution in [0.3, 0.4) is 0 Å². The Kier molecular flexibility index (Phi) is 3.47. The highest BCUT2D eigenvalue weighted by atomic mass is 16.1. The van der Waals surface area contributed by atoms with Crippen LogP contribution in [0.15, 0.2) is 42.5 Å². The van der Waals surface area contributed by atoms with E-state index in [1.54, 1.807) is 0 Å². The minimum absolute atomic E-state index is 0.0256. The largest absolute Gasteiger partial charge is 0.352 e. The zero-order valence-corrected chi connectivity index (χ0v) is 10.9. The summed E-state index contributed by atoms with van der Waals surface area (Å²) in [5.74, 6) is 0.599. The molecule has 2 N–H and O–H groups in total. The molecule has 3 nitrogen and oxygen atoms in total. The first-order valence-corrected chi connectivity index (χ1v) is 6.80. The van der Waals surface area contributed by atoms with Gasteiger partial charge in [0, 0.05) is 12.1 Å².